The highest BCUT2D eigenvalue weighted by Gasteiger charge is 2.09. The zero-order valence-electron chi connectivity index (χ0n) is 12.2. The van der Waals surface area contributed by atoms with Crippen molar-refractivity contribution in [3.63, 3.8) is 0 Å². The van der Waals surface area contributed by atoms with Crippen LogP contribution in [0.1, 0.15) is 16.2 Å². The van der Waals surface area contributed by atoms with Gasteiger partial charge in [-0.15, -0.1) is 0 Å². The Morgan fingerprint density at radius 1 is 1.17 bits per heavy atom. The summed E-state index contributed by atoms with van der Waals surface area (Å²) in [5, 5.41) is 2.71. The zero-order chi connectivity index (χ0) is 16.1. The van der Waals surface area contributed by atoms with Gasteiger partial charge >= 0.3 is 0 Å². The van der Waals surface area contributed by atoms with Crippen LogP contribution in [-0.4, -0.2) is 22.4 Å². The minimum Gasteiger partial charge on any atom is -0.444 e. The lowest BCUT2D eigenvalue weighted by Gasteiger charge is -2.02. The summed E-state index contributed by atoms with van der Waals surface area (Å²) in [4.78, 5) is 19.9. The van der Waals surface area contributed by atoms with Crippen LogP contribution in [0.5, 0.6) is 0 Å². The Balaban J connectivity index is 1.54. The van der Waals surface area contributed by atoms with Crippen molar-refractivity contribution >= 4 is 5.91 Å². The van der Waals surface area contributed by atoms with Gasteiger partial charge in [-0.25, -0.2) is 14.4 Å². The molecule has 0 atom stereocenters. The fourth-order valence-corrected chi connectivity index (χ4v) is 2.04. The average molecular weight is 311 g/mol. The summed E-state index contributed by atoms with van der Waals surface area (Å²) in [6, 6.07) is 12.1. The van der Waals surface area contributed by atoms with Gasteiger partial charge < -0.3 is 9.73 Å². The number of oxazole rings is 1. The number of rotatable bonds is 5. The predicted octanol–water partition coefficient (Wildman–Crippen LogP) is 2.85. The molecule has 6 heteroatoms. The fraction of sp³-hybridized carbons (Fsp3) is 0.118. The van der Waals surface area contributed by atoms with Crippen LogP contribution in [0.15, 0.2) is 59.3 Å². The standard InChI is InChI=1S/C17H14FN3O2/c18-13-6-7-15(20-10-13)16(22)19-9-8-14-11-23-17(21-14)12-4-2-1-3-5-12/h1-7,10-11H,8-9H2,(H,19,22). The molecule has 0 radical (unpaired) electrons. The minimum absolute atomic E-state index is 0.177. The lowest BCUT2D eigenvalue weighted by Crippen LogP contribution is -2.26. The van der Waals surface area contributed by atoms with Gasteiger partial charge in [0.15, 0.2) is 0 Å². The first-order valence-electron chi connectivity index (χ1n) is 7.12. The molecule has 1 amide bonds. The van der Waals surface area contributed by atoms with E-state index in [1.165, 1.54) is 12.1 Å². The van der Waals surface area contributed by atoms with Gasteiger partial charge in [0.1, 0.15) is 17.8 Å². The van der Waals surface area contributed by atoms with Crippen molar-refractivity contribution in [1.82, 2.24) is 15.3 Å². The van der Waals surface area contributed by atoms with E-state index in [0.717, 1.165) is 17.5 Å². The highest BCUT2D eigenvalue weighted by atomic mass is 19.1. The maximum Gasteiger partial charge on any atom is 0.269 e. The van der Waals surface area contributed by atoms with Gasteiger partial charge in [-0.05, 0) is 24.3 Å². The maximum absolute atomic E-state index is 12.8. The van der Waals surface area contributed by atoms with E-state index in [-0.39, 0.29) is 11.6 Å². The van der Waals surface area contributed by atoms with Crippen LogP contribution in [0, 0.1) is 5.82 Å². The van der Waals surface area contributed by atoms with E-state index in [4.69, 9.17) is 4.42 Å². The highest BCUT2D eigenvalue weighted by Crippen LogP contribution is 2.17. The van der Waals surface area contributed by atoms with E-state index in [9.17, 15) is 9.18 Å². The van der Waals surface area contributed by atoms with Crippen molar-refractivity contribution in [2.75, 3.05) is 6.54 Å². The van der Waals surface area contributed by atoms with E-state index < -0.39 is 5.82 Å². The first kappa shape index (κ1) is 14.9. The second-order valence-electron chi connectivity index (χ2n) is 4.88. The number of hydrogen-bond acceptors (Lipinski definition) is 4. The van der Waals surface area contributed by atoms with Gasteiger partial charge in [0.2, 0.25) is 5.89 Å². The van der Waals surface area contributed by atoms with E-state index in [0.29, 0.717) is 18.9 Å². The third-order valence-corrected chi connectivity index (χ3v) is 3.20. The quantitative estimate of drug-likeness (QED) is 0.786. The van der Waals surface area contributed by atoms with Crippen LogP contribution in [-0.2, 0) is 6.42 Å². The van der Waals surface area contributed by atoms with Crippen LogP contribution >= 0.6 is 0 Å². The zero-order valence-corrected chi connectivity index (χ0v) is 12.2. The molecule has 1 aromatic carbocycles. The topological polar surface area (TPSA) is 68.0 Å². The molecule has 0 unspecified atom stereocenters. The van der Waals surface area contributed by atoms with E-state index in [1.54, 1.807) is 6.26 Å². The summed E-state index contributed by atoms with van der Waals surface area (Å²) in [5.74, 6) is -0.276. The second kappa shape index (κ2) is 6.83. The SMILES string of the molecule is O=C(NCCc1coc(-c2ccccc2)n1)c1ccc(F)cn1. The number of amides is 1. The largest absolute Gasteiger partial charge is 0.444 e. The molecule has 0 aliphatic carbocycles. The lowest BCUT2D eigenvalue weighted by atomic mass is 10.2. The summed E-state index contributed by atoms with van der Waals surface area (Å²) in [5.41, 5.74) is 1.83. The number of benzene rings is 1. The Morgan fingerprint density at radius 2 is 2.00 bits per heavy atom. The van der Waals surface area contributed by atoms with E-state index in [1.807, 2.05) is 30.3 Å². The number of aromatic nitrogens is 2. The molecule has 0 aliphatic heterocycles. The summed E-state index contributed by atoms with van der Waals surface area (Å²) >= 11 is 0. The molecule has 0 bridgehead atoms. The van der Waals surface area contributed by atoms with Crippen molar-refractivity contribution in [3.8, 4) is 11.5 Å². The Kier molecular flexibility index (Phi) is 4.42. The Hall–Kier alpha value is -3.02. The van der Waals surface area contributed by atoms with Gasteiger partial charge in [-0.2, -0.15) is 0 Å². The molecule has 2 aromatic heterocycles. The van der Waals surface area contributed by atoms with Gasteiger partial charge in [0.25, 0.3) is 5.91 Å². The molecule has 0 saturated heterocycles. The number of hydrogen-bond donors (Lipinski definition) is 1. The molecule has 0 spiro atoms. The Morgan fingerprint density at radius 3 is 2.74 bits per heavy atom. The van der Waals surface area contributed by atoms with Crippen LogP contribution in [0.2, 0.25) is 0 Å². The molecule has 0 fully saturated rings. The monoisotopic (exact) mass is 311 g/mol. The smallest absolute Gasteiger partial charge is 0.269 e. The molecule has 116 valence electrons. The number of pyridine rings is 1. The number of nitrogens with one attached hydrogen (secondary N) is 1. The normalized spacial score (nSPS) is 10.5. The van der Waals surface area contributed by atoms with Crippen molar-refractivity contribution in [1.29, 1.82) is 0 Å². The third kappa shape index (κ3) is 3.79. The first-order valence-corrected chi connectivity index (χ1v) is 7.12. The van der Waals surface area contributed by atoms with Crippen LogP contribution in [0.3, 0.4) is 0 Å². The molecule has 5 nitrogen and oxygen atoms in total. The summed E-state index contributed by atoms with van der Waals surface area (Å²) in [6.07, 6.45) is 3.12. The van der Waals surface area contributed by atoms with Crippen LogP contribution in [0.25, 0.3) is 11.5 Å². The molecule has 3 aromatic rings. The van der Waals surface area contributed by atoms with Gasteiger partial charge in [0.05, 0.1) is 11.9 Å². The molecule has 0 saturated carbocycles. The number of halogens is 1. The highest BCUT2D eigenvalue weighted by molar-refractivity contribution is 5.92. The van der Waals surface area contributed by atoms with Crippen molar-refractivity contribution < 1.29 is 13.6 Å². The number of carbonyl (C=O) groups excluding carboxylic acids is 1. The maximum atomic E-state index is 12.8. The molecule has 3 rings (SSSR count). The van der Waals surface area contributed by atoms with Gasteiger partial charge in [-0.1, -0.05) is 18.2 Å². The molecule has 1 N–H and O–H groups in total. The van der Waals surface area contributed by atoms with Crippen LogP contribution in [0.4, 0.5) is 4.39 Å². The summed E-state index contributed by atoms with van der Waals surface area (Å²) < 4.78 is 18.2. The summed E-state index contributed by atoms with van der Waals surface area (Å²) in [7, 11) is 0. The molecular weight excluding hydrogens is 297 g/mol. The molecular formula is C17H14FN3O2. The molecule has 23 heavy (non-hydrogen) atoms. The third-order valence-electron chi connectivity index (χ3n) is 3.20. The second-order valence-corrected chi connectivity index (χ2v) is 4.88. The van der Waals surface area contributed by atoms with Gasteiger partial charge in [-0.3, -0.25) is 4.79 Å². The minimum atomic E-state index is -0.474. The van der Waals surface area contributed by atoms with E-state index in [2.05, 4.69) is 15.3 Å². The van der Waals surface area contributed by atoms with Crippen molar-refractivity contribution in [3.05, 3.63) is 72.1 Å². The van der Waals surface area contributed by atoms with Crippen LogP contribution < -0.4 is 5.32 Å². The van der Waals surface area contributed by atoms with E-state index >= 15 is 0 Å². The van der Waals surface area contributed by atoms with Crippen molar-refractivity contribution in [2.45, 2.75) is 6.42 Å². The predicted molar refractivity (Wildman–Crippen MR) is 82.2 cm³/mol. The molecule has 2 heterocycles. The van der Waals surface area contributed by atoms with Gasteiger partial charge in [0, 0.05) is 18.5 Å². The fourth-order valence-electron chi connectivity index (χ4n) is 2.04. The Labute approximate surface area is 132 Å². The number of carbonyl (C=O) groups is 1. The lowest BCUT2D eigenvalue weighted by molar-refractivity contribution is 0.0949. The molecule has 0 aliphatic rings. The Bertz CT molecular complexity index is 785. The number of nitrogens with zero attached hydrogens (tertiary/aromatic N) is 2. The first-order chi connectivity index (χ1) is 11.2. The average Bonchev–Trinajstić information content (AvgIpc) is 3.05. The van der Waals surface area contributed by atoms with Crippen molar-refractivity contribution in [2.24, 2.45) is 0 Å². The summed E-state index contributed by atoms with van der Waals surface area (Å²) in [6.45, 7) is 0.388.